The molecule has 6 heterocycles. The number of ether oxygens (including phenoxy) is 6. The van der Waals surface area contributed by atoms with Gasteiger partial charge in [0.15, 0.2) is 69.4 Å². The summed E-state index contributed by atoms with van der Waals surface area (Å²) in [6, 6.07) is 15.6. The fourth-order valence-electron chi connectivity index (χ4n) is 8.33. The Morgan fingerprint density at radius 1 is 0.562 bits per heavy atom. The molecule has 0 unspecified atom stereocenters. The van der Waals surface area contributed by atoms with Gasteiger partial charge in [0.25, 0.3) is 17.7 Å². The number of carbonyl (C=O) groups excluding carboxylic acids is 6. The molecule has 0 spiro atoms. The normalized spacial score (nSPS) is 14.9. The highest BCUT2D eigenvalue weighted by molar-refractivity contribution is 8.27. The predicted molar refractivity (Wildman–Crippen MR) is 362 cm³/mol. The summed E-state index contributed by atoms with van der Waals surface area (Å²) < 4.78 is 77.3. The topological polar surface area (TPSA) is 311 Å². The number of anilines is 1. The van der Waals surface area contributed by atoms with Crippen molar-refractivity contribution in [2.24, 2.45) is 0 Å². The highest BCUT2D eigenvalue weighted by Gasteiger charge is 2.37. The summed E-state index contributed by atoms with van der Waals surface area (Å²) in [5.74, 6) is -2.68. The number of H-pyrrole nitrogens is 3. The van der Waals surface area contributed by atoms with Crippen LogP contribution in [0.2, 0.25) is 0 Å². The van der Waals surface area contributed by atoms with Crippen LogP contribution in [0.4, 0.5) is 18.9 Å². The van der Waals surface area contributed by atoms with Gasteiger partial charge in [0.1, 0.15) is 71.4 Å². The van der Waals surface area contributed by atoms with Gasteiger partial charge in [-0.3, -0.25) is 58.8 Å². The average molecular weight is 1430 g/mol. The van der Waals surface area contributed by atoms with Gasteiger partial charge in [-0.25, -0.2) is 28.1 Å². The van der Waals surface area contributed by atoms with Crippen molar-refractivity contribution >= 4 is 144 Å². The number of aromatic amines is 3. The van der Waals surface area contributed by atoms with Crippen LogP contribution < -0.4 is 33.7 Å². The van der Waals surface area contributed by atoms with Crippen molar-refractivity contribution in [3.05, 3.63) is 152 Å². The smallest absolute Gasteiger partial charge is 0.266 e. The molecule has 0 atom stereocenters. The second-order valence-electron chi connectivity index (χ2n) is 20.5. The lowest BCUT2D eigenvalue weighted by Crippen LogP contribution is -2.38. The molecule has 6 amide bonds. The van der Waals surface area contributed by atoms with Crippen molar-refractivity contribution in [2.75, 3.05) is 74.5 Å². The number of halogens is 3. The summed E-state index contributed by atoms with van der Waals surface area (Å²) in [5, 5.41) is 21.7. The summed E-state index contributed by atoms with van der Waals surface area (Å²) in [6.07, 6.45) is 6.94. The number of nitrogens with one attached hydrogen (secondary N) is 4. The van der Waals surface area contributed by atoms with E-state index in [1.165, 1.54) is 107 Å². The number of aryl methyl sites for hydroxylation is 1. The standard InChI is InChI=1S/C23H20FN5O4S2.C19H20FN5O4S2.C18H18FN5O4S2/c1-13-3-5-15(6-4-13)27-20(30)10-29-22(31)18(35-23(29)34)9-14-7-16(24)21(17(8-14)32-2)33-11-19-25-12-26-28-19;1-10(17-18(27)25(19(30)31-17)7-15(26)24(2)3)11-5-12(20)16(13(6-11)28-4)29-8-14-21-9-22-23-14;1-23(2)15(25)7-24-17(26)13(30-18(24)29)6-10-4-11(19)16(12(5-10)27-3)28-8-14-20-9-21-22-14/h3-9,12H,10-11H2,1-2H3,(H,27,30)(H,25,26,28);5-6,9H,7-8H2,1-4H3,(H,21,22,23);4-6,9H,7-8H2,1-3H3,(H,20,21,22)/b18-9-;17-10-;13-6-. The third-order valence-corrected chi connectivity index (χ3v) is 17.7. The Morgan fingerprint density at radius 2 is 0.948 bits per heavy atom. The van der Waals surface area contributed by atoms with E-state index in [9.17, 15) is 41.9 Å². The van der Waals surface area contributed by atoms with Gasteiger partial charge >= 0.3 is 0 Å². The van der Waals surface area contributed by atoms with Crippen molar-refractivity contribution in [3.63, 3.8) is 0 Å². The number of thioether (sulfide) groups is 3. The van der Waals surface area contributed by atoms with Crippen LogP contribution in [-0.4, -0.2) is 188 Å². The largest absolute Gasteiger partial charge is 0.493 e. The molecule has 3 aromatic heterocycles. The van der Waals surface area contributed by atoms with Crippen molar-refractivity contribution in [3.8, 4) is 34.5 Å². The molecule has 3 aliphatic heterocycles. The second-order valence-corrected chi connectivity index (χ2v) is 25.5. The fraction of sp³-hybridized carbons (Fsp3) is 0.250. The number of rotatable bonds is 22. The highest BCUT2D eigenvalue weighted by Crippen LogP contribution is 2.42. The minimum atomic E-state index is -0.678. The first-order valence-corrected chi connectivity index (χ1v) is 31.6. The quantitative estimate of drug-likeness (QED) is 0.0373. The maximum Gasteiger partial charge on any atom is 0.266 e. The highest BCUT2D eigenvalue weighted by atomic mass is 32.2. The number of nitrogens with zero attached hydrogens (tertiary/aromatic N) is 11. The number of amides is 6. The van der Waals surface area contributed by atoms with Crippen molar-refractivity contribution < 1.29 is 70.4 Å². The molecule has 0 saturated carbocycles. The van der Waals surface area contributed by atoms with Crippen LogP contribution in [0, 0.1) is 24.4 Å². The van der Waals surface area contributed by atoms with E-state index in [4.69, 9.17) is 65.1 Å². The second kappa shape index (κ2) is 33.1. The Hall–Kier alpha value is -9.75. The number of methoxy groups -OCH3 is 3. The maximum atomic E-state index is 14.8. The van der Waals surface area contributed by atoms with Crippen LogP contribution in [0.15, 0.2) is 94.4 Å². The Morgan fingerprint density at radius 3 is 1.34 bits per heavy atom. The molecule has 36 heteroatoms. The van der Waals surface area contributed by atoms with E-state index in [1.807, 2.05) is 19.1 Å². The van der Waals surface area contributed by atoms with Gasteiger partial charge < -0.3 is 43.5 Å². The van der Waals surface area contributed by atoms with Crippen LogP contribution in [-0.2, 0) is 48.6 Å². The zero-order valence-electron chi connectivity index (χ0n) is 52.3. The minimum absolute atomic E-state index is 0.0226. The number of benzene rings is 4. The molecule has 3 fully saturated rings. The first kappa shape index (κ1) is 72.1. The summed E-state index contributed by atoms with van der Waals surface area (Å²) in [4.78, 5) is 93.8. The number of aromatic nitrogens is 9. The fourth-order valence-corrected chi connectivity index (χ4v) is 12.1. The van der Waals surface area contributed by atoms with Crippen molar-refractivity contribution in [1.29, 1.82) is 0 Å². The molecule has 3 aliphatic rings. The summed E-state index contributed by atoms with van der Waals surface area (Å²) in [5.41, 5.74) is 3.38. The van der Waals surface area contributed by atoms with Gasteiger partial charge in [-0.2, -0.15) is 15.3 Å². The van der Waals surface area contributed by atoms with Crippen LogP contribution in [0.25, 0.3) is 17.7 Å². The average Bonchev–Trinajstić information content (AvgIpc) is 1.49. The third kappa shape index (κ3) is 18.4. The molecule has 0 bridgehead atoms. The SMILES string of the molecule is COc1cc(/C(C)=C2\SC(=S)N(CC(=O)N(C)C)C2=O)cc(F)c1OCc1ncn[nH]1.COc1cc(/C=C2\SC(=S)N(CC(=O)N(C)C)C2=O)cc(F)c1OCc1ncn[nH]1.COc1cc(/C=C2\SC(=S)N(CC(=O)Nc3ccc(C)cc3)C2=O)cc(F)c1OCc1ncn[nH]1. The molecule has 10 rings (SSSR count). The Balaban J connectivity index is 0.000000185. The lowest BCUT2D eigenvalue weighted by atomic mass is 10.1. The number of allylic oxidation sites excluding steroid dienone is 1. The molecule has 96 heavy (non-hydrogen) atoms. The molecular weight excluding hydrogens is 1370 g/mol. The molecule has 0 radical (unpaired) electrons. The zero-order valence-corrected chi connectivity index (χ0v) is 57.2. The van der Waals surface area contributed by atoms with Gasteiger partial charge in [-0.05, 0) is 96.8 Å². The van der Waals surface area contributed by atoms with Crippen LogP contribution in [0.1, 0.15) is 46.7 Å². The number of hydrogen-bond donors (Lipinski definition) is 4. The number of likely N-dealkylation sites (N-methyl/N-ethyl adjacent to an activating group) is 2. The van der Waals surface area contributed by atoms with Crippen molar-refractivity contribution in [2.45, 2.75) is 33.7 Å². The maximum absolute atomic E-state index is 14.8. The molecule has 7 aromatic rings. The van der Waals surface area contributed by atoms with Gasteiger partial charge in [0, 0.05) is 33.9 Å². The van der Waals surface area contributed by atoms with Crippen molar-refractivity contribution in [1.82, 2.24) is 70.0 Å². The van der Waals surface area contributed by atoms with E-state index in [0.717, 1.165) is 40.8 Å². The molecule has 27 nitrogen and oxygen atoms in total. The van der Waals surface area contributed by atoms with Crippen LogP contribution >= 0.6 is 71.9 Å². The van der Waals surface area contributed by atoms with Crippen LogP contribution in [0.3, 0.4) is 0 Å². The van der Waals surface area contributed by atoms with E-state index in [1.54, 1.807) is 53.3 Å². The van der Waals surface area contributed by atoms with Gasteiger partial charge in [-0.15, -0.1) is 0 Å². The summed E-state index contributed by atoms with van der Waals surface area (Å²) in [6.45, 7) is 3.01. The third-order valence-electron chi connectivity index (χ3n) is 13.4. The van der Waals surface area contributed by atoms with E-state index in [0.29, 0.717) is 50.3 Å². The minimum Gasteiger partial charge on any atom is -0.493 e. The number of thiocarbonyl (C=S) groups is 3. The predicted octanol–water partition coefficient (Wildman–Crippen LogP) is 7.71. The Bertz CT molecular complexity index is 4200. The number of hydrogen-bond acceptors (Lipinski definition) is 24. The molecular formula is C60H58F3N15O12S6. The van der Waals surface area contributed by atoms with Crippen LogP contribution in [0.5, 0.6) is 34.5 Å². The Kier molecular flexibility index (Phi) is 24.8. The molecule has 4 aromatic carbocycles. The Labute approximate surface area is 574 Å². The first-order valence-electron chi connectivity index (χ1n) is 27.9. The number of carbonyl (C=O) groups is 6. The first-order chi connectivity index (χ1) is 45.9. The zero-order chi connectivity index (χ0) is 69.5. The summed E-state index contributed by atoms with van der Waals surface area (Å²) >= 11 is 18.9. The van der Waals surface area contributed by atoms with E-state index < -0.39 is 35.2 Å². The monoisotopic (exact) mass is 1430 g/mol. The van der Waals surface area contributed by atoms with Gasteiger partial charge in [0.05, 0.1) is 36.0 Å². The van der Waals surface area contributed by atoms with E-state index in [2.05, 4.69) is 50.9 Å². The van der Waals surface area contributed by atoms with E-state index >= 15 is 0 Å². The molecule has 3 saturated heterocycles. The van der Waals surface area contributed by atoms with Gasteiger partial charge in [-0.1, -0.05) is 89.6 Å². The summed E-state index contributed by atoms with van der Waals surface area (Å²) in [7, 11) is 10.5. The van der Waals surface area contributed by atoms with E-state index in [-0.39, 0.29) is 114 Å². The lowest BCUT2D eigenvalue weighted by molar-refractivity contribution is -0.133. The molecule has 502 valence electrons. The molecule has 0 aliphatic carbocycles. The lowest BCUT2D eigenvalue weighted by Gasteiger charge is -2.17. The molecule has 4 N–H and O–H groups in total. The van der Waals surface area contributed by atoms with Gasteiger partial charge in [0.2, 0.25) is 17.7 Å².